The van der Waals surface area contributed by atoms with E-state index in [1.54, 1.807) is 6.07 Å². The van der Waals surface area contributed by atoms with E-state index >= 15 is 0 Å². The number of benzene rings is 1. The van der Waals surface area contributed by atoms with Gasteiger partial charge in [0.25, 0.3) is 0 Å². The molecule has 1 atom stereocenters. The molecule has 1 aromatic rings. The van der Waals surface area contributed by atoms with Crippen LogP contribution in [-0.4, -0.2) is 15.8 Å². The Morgan fingerprint density at radius 2 is 2.00 bits per heavy atom. The zero-order valence-electron chi connectivity index (χ0n) is 8.74. The van der Waals surface area contributed by atoms with Crippen molar-refractivity contribution in [2.45, 2.75) is 25.2 Å². The molecule has 3 nitrogen and oxygen atoms in total. The Hall–Kier alpha value is -0.710. The van der Waals surface area contributed by atoms with Crippen LogP contribution in [0.15, 0.2) is 23.1 Å². The molecule has 0 aliphatic rings. The molecule has 80 valence electrons. The van der Waals surface area contributed by atoms with Gasteiger partial charge in [0.15, 0.2) is 0 Å². The van der Waals surface area contributed by atoms with E-state index in [1.165, 1.54) is 7.05 Å². The quantitative estimate of drug-likeness (QED) is 0.756. The summed E-state index contributed by atoms with van der Waals surface area (Å²) in [4.78, 5) is 0.420. The molecule has 0 radical (unpaired) electrons. The molecule has 4 heteroatoms. The van der Waals surface area contributed by atoms with Gasteiger partial charge >= 0.3 is 0 Å². The van der Waals surface area contributed by atoms with Gasteiger partial charge in [0.05, 0.1) is 0 Å². The van der Waals surface area contributed by atoms with E-state index in [0.717, 1.165) is 17.5 Å². The highest BCUT2D eigenvalue weighted by Crippen LogP contribution is 2.14. The van der Waals surface area contributed by atoms with Crippen LogP contribution in [0.3, 0.4) is 0 Å². The molecule has 0 saturated heterocycles. The lowest BCUT2D eigenvalue weighted by Gasteiger charge is -2.10. The third-order valence-corrected chi connectivity index (χ3v) is 2.53. The van der Waals surface area contributed by atoms with Crippen LogP contribution in [0.25, 0.3) is 0 Å². The fourth-order valence-electron chi connectivity index (χ4n) is 1.15. The van der Waals surface area contributed by atoms with Gasteiger partial charge in [0.1, 0.15) is 0 Å². The minimum Gasteiger partial charge on any atom is -0.768 e. The van der Waals surface area contributed by atoms with Crippen LogP contribution < -0.4 is 5.73 Å². The topological polar surface area (TPSA) is 66.1 Å². The fraction of sp³-hybridized carbons (Fsp3) is 0.400. The van der Waals surface area contributed by atoms with Crippen LogP contribution in [0.2, 0.25) is 0 Å². The molecule has 0 aliphatic heterocycles. The second-order valence-corrected chi connectivity index (χ2v) is 3.61. The van der Waals surface area contributed by atoms with E-state index in [0.29, 0.717) is 4.90 Å². The van der Waals surface area contributed by atoms with Gasteiger partial charge in [0.2, 0.25) is 0 Å². The van der Waals surface area contributed by atoms with Gasteiger partial charge in [-0.15, -0.1) is 0 Å². The number of nitrogens with two attached hydrogens (primary N) is 1. The lowest BCUT2D eigenvalue weighted by molar-refractivity contribution is 0.536. The summed E-state index contributed by atoms with van der Waals surface area (Å²) in [5.74, 6) is 0. The zero-order chi connectivity index (χ0) is 11.1. The van der Waals surface area contributed by atoms with Gasteiger partial charge in [0, 0.05) is 4.90 Å². The first kappa shape index (κ1) is 13.3. The summed E-state index contributed by atoms with van der Waals surface area (Å²) in [5, 5.41) is 0. The molecular formula is C10H16NO2S-. The molecule has 0 aromatic heterocycles. The van der Waals surface area contributed by atoms with E-state index in [2.05, 4.69) is 5.73 Å². The van der Waals surface area contributed by atoms with Gasteiger partial charge in [-0.25, -0.2) is 0 Å². The molecule has 0 fully saturated rings. The van der Waals surface area contributed by atoms with Crippen LogP contribution in [0.5, 0.6) is 0 Å². The highest BCUT2D eigenvalue weighted by molar-refractivity contribution is 7.79. The van der Waals surface area contributed by atoms with Crippen molar-refractivity contribution in [1.29, 1.82) is 0 Å². The third kappa shape index (κ3) is 3.57. The zero-order valence-corrected chi connectivity index (χ0v) is 9.56. The Labute approximate surface area is 87.6 Å². The van der Waals surface area contributed by atoms with Crippen molar-refractivity contribution in [3.63, 3.8) is 0 Å². The molecule has 1 unspecified atom stereocenters. The van der Waals surface area contributed by atoms with Crippen LogP contribution in [0.1, 0.15) is 18.1 Å². The van der Waals surface area contributed by atoms with Crippen molar-refractivity contribution >= 4 is 11.1 Å². The molecule has 0 aliphatic carbocycles. The molecule has 14 heavy (non-hydrogen) atoms. The van der Waals surface area contributed by atoms with E-state index in [1.807, 2.05) is 26.0 Å². The molecule has 0 bridgehead atoms. The fourth-order valence-corrected chi connectivity index (χ4v) is 1.74. The Balaban J connectivity index is 0.000000791. The average Bonchev–Trinajstić information content (AvgIpc) is 2.20. The SMILES string of the molecule is CCc1cc(C)ccc1S(=O)[O-].CN. The molecule has 1 rings (SSSR count). The van der Waals surface area contributed by atoms with Crippen molar-refractivity contribution in [1.82, 2.24) is 0 Å². The summed E-state index contributed by atoms with van der Waals surface area (Å²) in [6.07, 6.45) is 0.755. The summed E-state index contributed by atoms with van der Waals surface area (Å²) >= 11 is -2.10. The third-order valence-electron chi connectivity index (χ3n) is 1.78. The predicted molar refractivity (Wildman–Crippen MR) is 57.9 cm³/mol. The van der Waals surface area contributed by atoms with E-state index in [-0.39, 0.29) is 0 Å². The van der Waals surface area contributed by atoms with Crippen molar-refractivity contribution in [2.24, 2.45) is 5.73 Å². The minimum atomic E-state index is -2.10. The average molecular weight is 214 g/mol. The summed E-state index contributed by atoms with van der Waals surface area (Å²) in [5.41, 5.74) is 6.49. The van der Waals surface area contributed by atoms with Crippen LogP contribution in [0, 0.1) is 6.92 Å². The first-order valence-corrected chi connectivity index (χ1v) is 5.49. The van der Waals surface area contributed by atoms with Gasteiger partial charge in [-0.3, -0.25) is 4.21 Å². The number of hydrogen-bond acceptors (Lipinski definition) is 3. The van der Waals surface area contributed by atoms with Gasteiger partial charge in [-0.2, -0.15) is 0 Å². The second kappa shape index (κ2) is 6.70. The molecule has 0 amide bonds. The van der Waals surface area contributed by atoms with E-state index < -0.39 is 11.1 Å². The largest absolute Gasteiger partial charge is 0.768 e. The number of rotatable bonds is 2. The highest BCUT2D eigenvalue weighted by atomic mass is 32.2. The predicted octanol–water partition coefficient (Wildman–Crippen LogP) is 1.37. The highest BCUT2D eigenvalue weighted by Gasteiger charge is 2.00. The van der Waals surface area contributed by atoms with Crippen molar-refractivity contribution < 1.29 is 8.76 Å². The van der Waals surface area contributed by atoms with Crippen molar-refractivity contribution in [3.8, 4) is 0 Å². The summed E-state index contributed by atoms with van der Waals surface area (Å²) in [7, 11) is 1.50. The maximum Gasteiger partial charge on any atom is 0.0280 e. The normalized spacial score (nSPS) is 11.5. The molecule has 2 N–H and O–H groups in total. The van der Waals surface area contributed by atoms with E-state index in [9.17, 15) is 8.76 Å². The molecule has 1 aromatic carbocycles. The lowest BCUT2D eigenvalue weighted by Crippen LogP contribution is -1.95. The van der Waals surface area contributed by atoms with Crippen LogP contribution in [-0.2, 0) is 17.5 Å². The Morgan fingerprint density at radius 1 is 1.43 bits per heavy atom. The first-order chi connectivity index (χ1) is 6.65. The minimum absolute atomic E-state index is 0.420. The Kier molecular flexibility index (Phi) is 6.36. The van der Waals surface area contributed by atoms with Crippen molar-refractivity contribution in [2.75, 3.05) is 7.05 Å². The van der Waals surface area contributed by atoms with Crippen LogP contribution >= 0.6 is 0 Å². The second-order valence-electron chi connectivity index (χ2n) is 2.70. The van der Waals surface area contributed by atoms with Crippen molar-refractivity contribution in [3.05, 3.63) is 29.3 Å². The Morgan fingerprint density at radius 3 is 2.43 bits per heavy atom. The number of aryl methyl sites for hydroxylation is 2. The molecule has 0 saturated carbocycles. The summed E-state index contributed by atoms with van der Waals surface area (Å²) in [6.45, 7) is 3.90. The van der Waals surface area contributed by atoms with Gasteiger partial charge < -0.3 is 10.3 Å². The summed E-state index contributed by atoms with van der Waals surface area (Å²) in [6, 6.07) is 5.37. The van der Waals surface area contributed by atoms with Crippen LogP contribution in [0.4, 0.5) is 0 Å². The number of hydrogen-bond donors (Lipinski definition) is 1. The monoisotopic (exact) mass is 214 g/mol. The molecule has 0 spiro atoms. The smallest absolute Gasteiger partial charge is 0.0280 e. The maximum absolute atomic E-state index is 10.7. The molecule has 0 heterocycles. The van der Waals surface area contributed by atoms with E-state index in [4.69, 9.17) is 0 Å². The lowest BCUT2D eigenvalue weighted by atomic mass is 10.1. The first-order valence-electron chi connectivity index (χ1n) is 4.41. The van der Waals surface area contributed by atoms with Gasteiger partial charge in [-0.05, 0) is 43.1 Å². The maximum atomic E-state index is 10.7. The Bertz CT molecular complexity index is 313. The molecular weight excluding hydrogens is 198 g/mol. The van der Waals surface area contributed by atoms with Gasteiger partial charge in [-0.1, -0.05) is 24.6 Å². The standard InChI is InChI=1S/C9H12O2S.CH5N/c1-3-8-6-7(2)4-5-9(8)12(10)11;1-2/h4-6H,3H2,1-2H3,(H,10,11);2H2,1H3/p-1. The summed E-state index contributed by atoms with van der Waals surface area (Å²) < 4.78 is 21.4.